The van der Waals surface area contributed by atoms with Gasteiger partial charge in [-0.3, -0.25) is 0 Å². The minimum atomic E-state index is 0.670. The van der Waals surface area contributed by atoms with Crippen molar-refractivity contribution in [1.29, 1.82) is 0 Å². The molecule has 0 aliphatic heterocycles. The van der Waals surface area contributed by atoms with Crippen molar-refractivity contribution in [3.05, 3.63) is 21.8 Å². The zero-order valence-electron chi connectivity index (χ0n) is 9.90. The monoisotopic (exact) mass is 243 g/mol. The number of nitrogens with zero attached hydrogens (tertiary/aromatic N) is 2. The van der Waals surface area contributed by atoms with Gasteiger partial charge in [0.05, 0.1) is 0 Å². The molecule has 1 aromatic heterocycles. The number of aryl methyl sites for hydroxylation is 1. The molecular weight excluding hydrogens is 223 g/mol. The molecule has 83 valence electrons. The van der Waals surface area contributed by atoms with E-state index in [9.17, 15) is 0 Å². The van der Waals surface area contributed by atoms with Crippen LogP contribution in [0.3, 0.4) is 0 Å². The molecule has 2 nitrogen and oxygen atoms in total. The molecule has 0 N–H and O–H groups in total. The standard InChI is InChI=1S/C9H12N2.C3H8.V/c1-8-5-6-11(10-7-8)9-3-2-4-9;1-3-2;/h5,7,9H,2-4H2,1H3;3H2,1-2H3;. The fraction of sp³-hybridized carbons (Fsp3) is 0.667. The number of rotatable bonds is 1. The van der Waals surface area contributed by atoms with Gasteiger partial charge in [0.2, 0.25) is 0 Å². The van der Waals surface area contributed by atoms with E-state index in [1.807, 2.05) is 6.20 Å². The fourth-order valence-corrected chi connectivity index (χ4v) is 2.09. The first-order valence-corrected chi connectivity index (χ1v) is 6.46. The molecule has 1 fully saturated rings. The van der Waals surface area contributed by atoms with Gasteiger partial charge in [0.15, 0.2) is 0 Å². The van der Waals surface area contributed by atoms with Crippen LogP contribution >= 0.6 is 0 Å². The second kappa shape index (κ2) is 6.29. The van der Waals surface area contributed by atoms with Crippen LogP contribution in [-0.2, 0) is 17.0 Å². The molecule has 0 spiro atoms. The van der Waals surface area contributed by atoms with Crippen LogP contribution in [0, 0.1) is 10.9 Å². The first-order chi connectivity index (χ1) is 7.19. The Hall–Kier alpha value is -0.336. The van der Waals surface area contributed by atoms with E-state index in [0.717, 1.165) is 0 Å². The van der Waals surface area contributed by atoms with Crippen molar-refractivity contribution < 1.29 is 17.0 Å². The predicted octanol–water partition coefficient (Wildman–Crippen LogP) is 3.41. The zero-order valence-corrected chi connectivity index (χ0v) is 11.3. The molecule has 1 aliphatic rings. The van der Waals surface area contributed by atoms with Crippen LogP contribution in [0.15, 0.2) is 12.3 Å². The first-order valence-electron chi connectivity index (χ1n) is 5.76. The number of hydrogen-bond donors (Lipinski definition) is 0. The van der Waals surface area contributed by atoms with Gasteiger partial charge in [-0.05, 0) is 0 Å². The van der Waals surface area contributed by atoms with E-state index in [-0.39, 0.29) is 0 Å². The van der Waals surface area contributed by atoms with E-state index >= 15 is 0 Å². The van der Waals surface area contributed by atoms with E-state index in [2.05, 4.69) is 53.6 Å². The third kappa shape index (κ3) is 3.62. The Morgan fingerprint density at radius 1 is 1.47 bits per heavy atom. The van der Waals surface area contributed by atoms with E-state index in [0.29, 0.717) is 6.04 Å². The maximum absolute atomic E-state index is 4.40. The summed E-state index contributed by atoms with van der Waals surface area (Å²) in [5.74, 6) is 0. The molecule has 0 aromatic carbocycles. The summed E-state index contributed by atoms with van der Waals surface area (Å²) in [6, 6.07) is 2.84. The van der Waals surface area contributed by atoms with E-state index in [1.54, 1.807) is 0 Å². The molecule has 1 aromatic rings. The SMILES string of the molecule is CCC.Cc1cnn(C2CCC2)[c](=[V])c1. The van der Waals surface area contributed by atoms with Gasteiger partial charge in [-0.2, -0.15) is 0 Å². The number of hydrogen-bond acceptors (Lipinski definition) is 1. The van der Waals surface area contributed by atoms with Gasteiger partial charge in [0.25, 0.3) is 0 Å². The molecule has 2 rings (SSSR count). The van der Waals surface area contributed by atoms with Crippen molar-refractivity contribution in [2.75, 3.05) is 0 Å². The van der Waals surface area contributed by atoms with E-state index in [1.165, 1.54) is 35.2 Å². The molecule has 0 saturated heterocycles. The van der Waals surface area contributed by atoms with Crippen LogP contribution in [0.4, 0.5) is 0 Å². The van der Waals surface area contributed by atoms with Gasteiger partial charge < -0.3 is 0 Å². The summed E-state index contributed by atoms with van der Waals surface area (Å²) < 4.78 is 3.36. The fourth-order valence-electron chi connectivity index (χ4n) is 1.43. The first kappa shape index (κ1) is 12.7. The summed E-state index contributed by atoms with van der Waals surface area (Å²) in [4.78, 5) is 0. The second-order valence-corrected chi connectivity index (χ2v) is 4.84. The van der Waals surface area contributed by atoms with Crippen molar-refractivity contribution in [3.63, 3.8) is 0 Å². The molecule has 1 saturated carbocycles. The summed E-state index contributed by atoms with van der Waals surface area (Å²) in [5.41, 5.74) is 1.24. The van der Waals surface area contributed by atoms with Crippen LogP contribution < -0.4 is 0 Å². The Bertz CT molecular complexity index is 353. The Kier molecular flexibility index (Phi) is 5.34. The number of aromatic nitrogens is 2. The molecule has 0 radical (unpaired) electrons. The Labute approximate surface area is 101 Å². The van der Waals surface area contributed by atoms with Gasteiger partial charge in [-0.1, -0.05) is 20.3 Å². The van der Waals surface area contributed by atoms with Gasteiger partial charge in [0, 0.05) is 0 Å². The van der Waals surface area contributed by atoms with Crippen LogP contribution in [0.25, 0.3) is 0 Å². The quantitative estimate of drug-likeness (QED) is 0.739. The summed E-state index contributed by atoms with van der Waals surface area (Å²) in [6.45, 7) is 6.33. The molecule has 0 atom stereocenters. The van der Waals surface area contributed by atoms with Crippen molar-refractivity contribution >= 4 is 0 Å². The Morgan fingerprint density at radius 2 is 2.07 bits per heavy atom. The van der Waals surface area contributed by atoms with Crippen molar-refractivity contribution in [3.8, 4) is 0 Å². The summed E-state index contributed by atoms with van der Waals surface area (Å²) in [5, 5.41) is 4.40. The van der Waals surface area contributed by atoms with Crippen molar-refractivity contribution in [2.45, 2.75) is 52.5 Å². The molecule has 0 unspecified atom stereocenters. The van der Waals surface area contributed by atoms with Crippen LogP contribution in [0.1, 0.15) is 51.1 Å². The molecule has 3 heteroatoms. The molecule has 0 amide bonds. The average molecular weight is 243 g/mol. The topological polar surface area (TPSA) is 17.8 Å². The van der Waals surface area contributed by atoms with Crippen molar-refractivity contribution in [1.82, 2.24) is 9.78 Å². The zero-order chi connectivity index (χ0) is 11.3. The van der Waals surface area contributed by atoms with Gasteiger partial charge >= 0.3 is 80.8 Å². The average Bonchev–Trinajstić information content (AvgIpc) is 2.08. The van der Waals surface area contributed by atoms with E-state index < -0.39 is 0 Å². The van der Waals surface area contributed by atoms with Crippen LogP contribution in [0.5, 0.6) is 0 Å². The Balaban J connectivity index is 0.000000337. The molecular formula is C12H20N2V. The molecule has 15 heavy (non-hydrogen) atoms. The molecule has 1 heterocycles. The summed E-state index contributed by atoms with van der Waals surface area (Å²) >= 11 is 2.60. The normalized spacial score (nSPS) is 15.1. The second-order valence-electron chi connectivity index (χ2n) is 4.13. The minimum absolute atomic E-state index is 0.670. The van der Waals surface area contributed by atoms with Crippen molar-refractivity contribution in [2.24, 2.45) is 0 Å². The third-order valence-corrected chi connectivity index (χ3v) is 2.92. The van der Waals surface area contributed by atoms with Crippen LogP contribution in [0.2, 0.25) is 0 Å². The third-order valence-electron chi connectivity index (χ3n) is 2.40. The molecule has 0 bridgehead atoms. The predicted molar refractivity (Wildman–Crippen MR) is 59.1 cm³/mol. The van der Waals surface area contributed by atoms with Gasteiger partial charge in [0.1, 0.15) is 0 Å². The Morgan fingerprint density at radius 3 is 2.47 bits per heavy atom. The summed E-state index contributed by atoms with van der Waals surface area (Å²) in [7, 11) is 0. The van der Waals surface area contributed by atoms with Gasteiger partial charge in [-0.25, -0.2) is 0 Å². The van der Waals surface area contributed by atoms with Gasteiger partial charge in [-0.15, -0.1) is 0 Å². The molecule has 1 aliphatic carbocycles. The maximum atomic E-state index is 4.40. The van der Waals surface area contributed by atoms with E-state index in [4.69, 9.17) is 0 Å². The summed E-state index contributed by atoms with van der Waals surface area (Å²) in [6.07, 6.45) is 7.14. The van der Waals surface area contributed by atoms with Crippen LogP contribution in [-0.4, -0.2) is 9.78 Å².